The smallest absolute Gasteiger partial charge is 0.475 e. The van der Waals surface area contributed by atoms with Crippen LogP contribution in [0.25, 0.3) is 0 Å². The highest BCUT2D eigenvalue weighted by molar-refractivity contribution is 8.13. The van der Waals surface area contributed by atoms with Crippen LogP contribution in [0.2, 0.25) is 0 Å². The lowest BCUT2D eigenvalue weighted by Gasteiger charge is -2.38. The monoisotopic (exact) mass is 1690 g/mol. The van der Waals surface area contributed by atoms with Gasteiger partial charge >= 0.3 is 12.1 Å². The van der Waals surface area contributed by atoms with E-state index in [-0.39, 0.29) is 75.6 Å². The fourth-order valence-electron chi connectivity index (χ4n) is 16.9. The summed E-state index contributed by atoms with van der Waals surface area (Å²) in [6.45, 7) is 39.6. The molecule has 28 heteroatoms. The van der Waals surface area contributed by atoms with Gasteiger partial charge in [-0.15, -0.1) is 0 Å². The summed E-state index contributed by atoms with van der Waals surface area (Å²) >= 11 is 0. The van der Waals surface area contributed by atoms with Crippen LogP contribution < -0.4 is 20.0 Å². The third-order valence-corrected chi connectivity index (χ3v) is 27.1. The third-order valence-electron chi connectivity index (χ3n) is 23.5. The maximum atomic E-state index is 14.0. The molecule has 0 unspecified atom stereocenters. The van der Waals surface area contributed by atoms with E-state index in [0.29, 0.717) is 30.6 Å². The fraction of sp³-hybridized carbons (Fsp3) is 0.429. The van der Waals surface area contributed by atoms with Crippen LogP contribution in [0.3, 0.4) is 0 Å². The van der Waals surface area contributed by atoms with Crippen LogP contribution in [0.5, 0.6) is 0 Å². The number of carboxylic acid groups (broad SMARTS) is 1. The van der Waals surface area contributed by atoms with Crippen LogP contribution in [-0.4, -0.2) is 204 Å². The molecule has 15 rings (SSSR count). The highest BCUT2D eigenvalue weighted by Gasteiger charge is 2.48. The van der Waals surface area contributed by atoms with Crippen molar-refractivity contribution < 1.29 is 63.3 Å². The number of benzene rings is 7. The van der Waals surface area contributed by atoms with Crippen LogP contribution >= 0.6 is 10.7 Å². The van der Waals surface area contributed by atoms with Crippen molar-refractivity contribution in [2.24, 2.45) is 17.8 Å². The van der Waals surface area contributed by atoms with Crippen molar-refractivity contribution in [1.29, 1.82) is 0 Å². The van der Waals surface area contributed by atoms with Gasteiger partial charge in [0.2, 0.25) is 27.7 Å². The lowest BCUT2D eigenvalue weighted by molar-refractivity contribution is -0.192. The van der Waals surface area contributed by atoms with E-state index in [1.807, 2.05) is 36.1 Å². The Morgan fingerprint density at radius 2 is 0.782 bits per heavy atom. The standard InChI is InChI=1S/C31H37N3O.C29H36N4O4S.C24H31N3O.C5H6ClNO3S.C2HF3O2/c1-23-10-13-27(14-11-23)28-21-32(20-26-7-5-4-6-8-26)22-29(28)31(35)34-17-15-33(16-18-34)30-19-24(2)9-12-25(30)3;1-19-7-10-24(11-8-19)25-17-33(38(35,36)28-22(4)30-37-23(28)5)18-26(25)29(34)32-14-12-31(13-15-32)27-16-20(2)6-9-21(27)3;1-17-5-8-20(9-6-17)21-15-25-16-22(21)24(28)27-12-10-26(11-13-27)23-14-18(2)4-7-19(23)3;1-3-5(11(6,8)9)4(2)10-7-3;3-2(4,5)1(6)7/h4-14,19,28-29H,15-18,20-22H2,1-3H3;6-11,16,25-26H,12-15,17-18H2,1-5H3;4-9,14,21-22,25H,10-13,15-16H2,1-3H3;1-2H3;(H,6,7)/t28-,29+;25-,26+;21-,22+;;/m000../s1. The summed E-state index contributed by atoms with van der Waals surface area (Å²) in [5, 5.41) is 17.9. The maximum absolute atomic E-state index is 14.0. The van der Waals surface area contributed by atoms with Gasteiger partial charge in [-0.2, -0.15) is 17.5 Å². The summed E-state index contributed by atoms with van der Waals surface area (Å²) in [4.78, 5) is 65.9. The van der Waals surface area contributed by atoms with Crippen LogP contribution in [0.4, 0.5) is 30.2 Å². The Labute approximate surface area is 702 Å². The molecule has 0 aliphatic carbocycles. The van der Waals surface area contributed by atoms with Crippen molar-refractivity contribution in [3.8, 4) is 0 Å². The van der Waals surface area contributed by atoms with E-state index in [9.17, 15) is 44.4 Å². The predicted octanol–water partition coefficient (Wildman–Crippen LogP) is 14.3. The van der Waals surface area contributed by atoms with Gasteiger partial charge in [0.1, 0.15) is 21.2 Å². The minimum atomic E-state index is -5.08. The number of rotatable bonds is 14. The van der Waals surface area contributed by atoms with E-state index in [1.54, 1.807) is 13.8 Å². The SMILES string of the molecule is Cc1ccc([C@@H]2CN(Cc3ccccc3)C[C@H]2C(=O)N2CCN(c3cc(C)ccc3C)CC2)cc1.Cc1ccc([C@@H]2CN(S(=O)(=O)c3c(C)noc3C)C[C@H]2C(=O)N2CCN(c3cc(C)ccc3C)CC2)cc1.Cc1ccc([C@@H]2CNC[C@H]2C(=O)N2CCN(c3cc(C)ccc3C)CC2)cc1.Cc1noc(C)c1S(=O)(=O)Cl.O=C(O)C(F)(F)F. The number of halogens is 4. The van der Waals surface area contributed by atoms with Crippen LogP contribution in [0.1, 0.15) is 113 Å². The Hall–Kier alpha value is -9.90. The summed E-state index contributed by atoms with van der Waals surface area (Å²) in [5.41, 5.74) is 20.6. The first kappa shape index (κ1) is 89.9. The van der Waals surface area contributed by atoms with Crippen molar-refractivity contribution in [3.05, 3.63) is 253 Å². The molecule has 6 aliphatic heterocycles. The summed E-state index contributed by atoms with van der Waals surface area (Å²) in [7, 11) is -2.48. The molecule has 0 radical (unpaired) electrons. The number of sulfonamides is 1. The lowest BCUT2D eigenvalue weighted by Crippen LogP contribution is -2.51. The second-order valence-corrected chi connectivity index (χ2v) is 36.8. The van der Waals surface area contributed by atoms with Gasteiger partial charge in [0, 0.05) is 170 Å². The molecule has 7 aromatic carbocycles. The lowest BCUT2D eigenvalue weighted by atomic mass is 9.87. The molecule has 2 aromatic heterocycles. The zero-order valence-electron chi connectivity index (χ0n) is 70.2. The van der Waals surface area contributed by atoms with Crippen molar-refractivity contribution in [3.63, 3.8) is 0 Å². The van der Waals surface area contributed by atoms with Gasteiger partial charge in [0.05, 0.1) is 17.8 Å². The molecule has 3 amide bonds. The molecule has 6 aliphatic rings. The number of carbonyl (C=O) groups excluding carboxylic acids is 3. The first-order valence-electron chi connectivity index (χ1n) is 40.5. The van der Waals surface area contributed by atoms with Gasteiger partial charge in [0.15, 0.2) is 11.5 Å². The quantitative estimate of drug-likeness (QED) is 0.0961. The van der Waals surface area contributed by atoms with Gasteiger partial charge in [-0.05, 0) is 164 Å². The number of hydrogen-bond donors (Lipinski definition) is 2. The molecule has 9 aromatic rings. The molecular weight excluding hydrogens is 1580 g/mol. The number of amides is 3. The average molecular weight is 1690 g/mol. The summed E-state index contributed by atoms with van der Waals surface area (Å²) in [6, 6.07) is 55.9. The maximum Gasteiger partial charge on any atom is 0.490 e. The van der Waals surface area contributed by atoms with Crippen molar-refractivity contribution in [2.45, 2.75) is 130 Å². The number of nitrogens with one attached hydrogen (secondary N) is 1. The molecule has 0 saturated carbocycles. The van der Waals surface area contributed by atoms with Crippen molar-refractivity contribution in [1.82, 2.24) is 39.5 Å². The zero-order valence-corrected chi connectivity index (χ0v) is 72.6. The Morgan fingerprint density at radius 1 is 0.437 bits per heavy atom. The number of nitrogens with zero attached hydrogens (tertiary/aromatic N) is 10. The number of aliphatic carboxylic acids is 1. The highest BCUT2D eigenvalue weighted by atomic mass is 35.7. The molecule has 6 fully saturated rings. The molecule has 8 heterocycles. The number of aryl methyl sites for hydroxylation is 13. The first-order chi connectivity index (χ1) is 56.4. The average Bonchev–Trinajstić information content (AvgIpc) is 1.61. The number of likely N-dealkylation sites (tertiary alicyclic amines) is 1. The fourth-order valence-corrected chi connectivity index (χ4v) is 20.1. The molecule has 119 heavy (non-hydrogen) atoms. The molecule has 6 atom stereocenters. The van der Waals surface area contributed by atoms with E-state index in [4.69, 9.17) is 25.1 Å². The molecular formula is C91H111ClF3N11O11S2. The second kappa shape index (κ2) is 39.1. The zero-order chi connectivity index (χ0) is 85.9. The largest absolute Gasteiger partial charge is 0.490 e. The number of hydrogen-bond acceptors (Lipinski definition) is 17. The van der Waals surface area contributed by atoms with E-state index in [0.717, 1.165) is 109 Å². The minimum absolute atomic E-state index is 0.00803. The molecule has 2 N–H and O–H groups in total. The number of carboxylic acids is 1. The van der Waals surface area contributed by atoms with E-state index >= 15 is 0 Å². The first-order valence-corrected chi connectivity index (χ1v) is 44.3. The number of piperazine rings is 3. The second-order valence-electron chi connectivity index (χ2n) is 32.4. The molecule has 22 nitrogen and oxygen atoms in total. The van der Waals surface area contributed by atoms with Gasteiger partial charge in [-0.1, -0.05) is 167 Å². The van der Waals surface area contributed by atoms with Gasteiger partial charge < -0.3 is 48.9 Å². The third kappa shape index (κ3) is 22.4. The summed E-state index contributed by atoms with van der Waals surface area (Å²) in [6.07, 6.45) is -5.08. The van der Waals surface area contributed by atoms with Gasteiger partial charge in [-0.3, -0.25) is 19.3 Å². The minimum Gasteiger partial charge on any atom is -0.475 e. The topological polar surface area (TPSA) is 247 Å². The van der Waals surface area contributed by atoms with Crippen molar-refractivity contribution in [2.75, 3.05) is 133 Å². The molecule has 636 valence electrons. The Morgan fingerprint density at radius 3 is 1.13 bits per heavy atom. The molecule has 6 saturated heterocycles. The van der Waals surface area contributed by atoms with Gasteiger partial charge in [0.25, 0.3) is 9.05 Å². The summed E-state index contributed by atoms with van der Waals surface area (Å²) in [5.74, 6) is -1.71. The molecule has 0 spiro atoms. The Kier molecular flexibility index (Phi) is 29.5. The number of aromatic nitrogens is 2. The molecule has 0 bridgehead atoms. The number of anilines is 3. The van der Waals surface area contributed by atoms with Gasteiger partial charge in [-0.25, -0.2) is 21.6 Å². The van der Waals surface area contributed by atoms with E-state index in [2.05, 4.69) is 238 Å². The highest BCUT2D eigenvalue weighted by Crippen LogP contribution is 2.41. The van der Waals surface area contributed by atoms with Crippen LogP contribution in [0.15, 0.2) is 177 Å². The predicted molar refractivity (Wildman–Crippen MR) is 458 cm³/mol. The number of alkyl halides is 3. The van der Waals surface area contributed by atoms with Crippen molar-refractivity contribution >= 4 is 70.5 Å². The summed E-state index contributed by atoms with van der Waals surface area (Å²) < 4.78 is 91.9. The van der Waals surface area contributed by atoms with Crippen LogP contribution in [-0.2, 0) is 44.8 Å². The Balaban J connectivity index is 0.000000159. The van der Waals surface area contributed by atoms with Crippen LogP contribution in [0, 0.1) is 108 Å². The van der Waals surface area contributed by atoms with E-state index < -0.39 is 37.1 Å². The van der Waals surface area contributed by atoms with E-state index in [1.165, 1.54) is 96.4 Å². The normalized spacial score (nSPS) is 19.8. The number of carbonyl (C=O) groups is 4. The Bertz CT molecular complexity index is 5210.